The van der Waals surface area contributed by atoms with Gasteiger partial charge in [0.1, 0.15) is 6.23 Å². The summed E-state index contributed by atoms with van der Waals surface area (Å²) in [5.74, 6) is 0.445. The first-order chi connectivity index (χ1) is 8.84. The molecule has 1 aliphatic rings. The van der Waals surface area contributed by atoms with Gasteiger partial charge in [0.05, 0.1) is 5.56 Å². The van der Waals surface area contributed by atoms with E-state index < -0.39 is 18.0 Å². The number of hydrogen-bond acceptors (Lipinski definition) is 2. The number of nitrogens with zero attached hydrogens (tertiary/aromatic N) is 1. The molecule has 1 aliphatic heterocycles. The van der Waals surface area contributed by atoms with Crippen LogP contribution in [0.1, 0.15) is 37.6 Å². The van der Waals surface area contributed by atoms with Gasteiger partial charge in [-0.25, -0.2) is 0 Å². The van der Waals surface area contributed by atoms with Crippen LogP contribution >= 0.6 is 0 Å². The largest absolute Gasteiger partial charge is 0.416 e. The predicted molar refractivity (Wildman–Crippen MR) is 66.4 cm³/mol. The molecule has 1 saturated heterocycles. The third-order valence-electron chi connectivity index (χ3n) is 3.82. The maximum Gasteiger partial charge on any atom is 0.416 e. The second-order valence-corrected chi connectivity index (χ2v) is 5.15. The summed E-state index contributed by atoms with van der Waals surface area (Å²) in [6.07, 6.45) is -4.32. The molecule has 2 nitrogen and oxygen atoms in total. The first kappa shape index (κ1) is 14.3. The second-order valence-electron chi connectivity index (χ2n) is 5.15. The van der Waals surface area contributed by atoms with Crippen molar-refractivity contribution in [2.24, 2.45) is 5.92 Å². The van der Waals surface area contributed by atoms with Crippen LogP contribution < -0.4 is 0 Å². The summed E-state index contributed by atoms with van der Waals surface area (Å²) < 4.78 is 37.8. The number of rotatable bonds is 4. The molecule has 0 saturated carbocycles. The van der Waals surface area contributed by atoms with Gasteiger partial charge in [-0.3, -0.25) is 4.90 Å². The van der Waals surface area contributed by atoms with E-state index in [4.69, 9.17) is 0 Å². The van der Waals surface area contributed by atoms with Gasteiger partial charge in [0.15, 0.2) is 0 Å². The van der Waals surface area contributed by atoms with E-state index in [1.165, 1.54) is 12.1 Å². The zero-order valence-electron chi connectivity index (χ0n) is 11.0. The van der Waals surface area contributed by atoms with Gasteiger partial charge in [0, 0.05) is 12.6 Å². The fraction of sp³-hybridized carbons (Fsp3) is 0.571. The Balaban J connectivity index is 2.11. The normalized spacial score (nSPS) is 26.0. The van der Waals surface area contributed by atoms with Crippen LogP contribution in [-0.4, -0.2) is 22.6 Å². The summed E-state index contributed by atoms with van der Waals surface area (Å²) in [5.41, 5.74) is -0.411. The zero-order chi connectivity index (χ0) is 14.2. The molecule has 0 amide bonds. The van der Waals surface area contributed by atoms with E-state index in [1.54, 1.807) is 0 Å². The predicted octanol–water partition coefficient (Wildman–Crippen LogP) is 3.43. The first-order valence-corrected chi connectivity index (χ1v) is 6.45. The maximum atomic E-state index is 12.6. The number of halogens is 3. The van der Waals surface area contributed by atoms with Crippen LogP contribution in [0.25, 0.3) is 0 Å². The average molecular weight is 273 g/mol. The Hall–Kier alpha value is -1.07. The molecule has 106 valence electrons. The lowest BCUT2D eigenvalue weighted by Crippen LogP contribution is -2.16. The molecule has 2 unspecified atom stereocenters. The van der Waals surface area contributed by atoms with Gasteiger partial charge < -0.3 is 5.11 Å². The lowest BCUT2D eigenvalue weighted by molar-refractivity contribution is -0.137. The maximum absolute atomic E-state index is 12.6. The van der Waals surface area contributed by atoms with Crippen molar-refractivity contribution in [3.05, 3.63) is 35.4 Å². The van der Waals surface area contributed by atoms with Crippen LogP contribution in [0.5, 0.6) is 0 Å². The number of alkyl halides is 3. The molecule has 1 N–H and O–H groups in total. The van der Waals surface area contributed by atoms with Crippen molar-refractivity contribution in [1.29, 1.82) is 0 Å². The molecule has 2 rings (SSSR count). The van der Waals surface area contributed by atoms with Crippen molar-refractivity contribution in [1.82, 2.24) is 4.90 Å². The minimum Gasteiger partial charge on any atom is -0.374 e. The highest BCUT2D eigenvalue weighted by molar-refractivity contribution is 5.27. The van der Waals surface area contributed by atoms with Gasteiger partial charge in [0.25, 0.3) is 0 Å². The third-order valence-corrected chi connectivity index (χ3v) is 3.82. The molecule has 1 fully saturated rings. The quantitative estimate of drug-likeness (QED) is 0.849. The number of hydrogen-bond donors (Lipinski definition) is 1. The van der Waals surface area contributed by atoms with Crippen molar-refractivity contribution >= 4 is 0 Å². The van der Waals surface area contributed by atoms with Crippen LogP contribution in [0.4, 0.5) is 13.2 Å². The van der Waals surface area contributed by atoms with Gasteiger partial charge in [-0.05, 0) is 23.6 Å². The Morgan fingerprint density at radius 2 is 2.11 bits per heavy atom. The molecule has 1 aromatic rings. The molecule has 0 spiro atoms. The Kier molecular flexibility index (Phi) is 3.87. The molecule has 0 radical (unpaired) electrons. The lowest BCUT2D eigenvalue weighted by Gasteiger charge is -2.17. The van der Waals surface area contributed by atoms with E-state index in [2.05, 4.69) is 13.8 Å². The van der Waals surface area contributed by atoms with Crippen LogP contribution in [0.2, 0.25) is 0 Å². The highest BCUT2D eigenvalue weighted by atomic mass is 19.4. The minimum absolute atomic E-state index is 0.273. The Labute approximate surface area is 110 Å². The number of aliphatic hydroxyl groups is 1. The standard InChI is InChI=1S/C14H18F3NO/c1-3-9(2)12-8-18(12)13(19)10-5-4-6-11(7-10)14(15,16)17/h4-7,9,12-13,19H,3,8H2,1-2H3/t9-,12?,13-,18?/m0/s1. The van der Waals surface area contributed by atoms with Crippen LogP contribution in [0.3, 0.4) is 0 Å². The molecule has 19 heavy (non-hydrogen) atoms. The van der Waals surface area contributed by atoms with E-state index in [9.17, 15) is 18.3 Å². The van der Waals surface area contributed by atoms with Crippen LogP contribution in [0, 0.1) is 5.92 Å². The fourth-order valence-electron chi connectivity index (χ4n) is 2.30. The van der Waals surface area contributed by atoms with E-state index >= 15 is 0 Å². The van der Waals surface area contributed by atoms with E-state index in [0.29, 0.717) is 11.5 Å². The highest BCUT2D eigenvalue weighted by Crippen LogP contribution is 2.37. The number of aliphatic hydroxyl groups excluding tert-OH is 1. The van der Waals surface area contributed by atoms with Crippen molar-refractivity contribution in [2.45, 2.75) is 38.7 Å². The Morgan fingerprint density at radius 1 is 1.42 bits per heavy atom. The summed E-state index contributed by atoms with van der Waals surface area (Å²) in [6.45, 7) is 4.90. The molecule has 1 heterocycles. The third kappa shape index (κ3) is 3.09. The van der Waals surface area contributed by atoms with Crippen molar-refractivity contribution in [3.63, 3.8) is 0 Å². The molecule has 4 atom stereocenters. The Morgan fingerprint density at radius 3 is 2.68 bits per heavy atom. The summed E-state index contributed by atoms with van der Waals surface area (Å²) >= 11 is 0. The van der Waals surface area contributed by atoms with Crippen LogP contribution in [0.15, 0.2) is 24.3 Å². The van der Waals surface area contributed by atoms with Gasteiger partial charge in [-0.1, -0.05) is 32.4 Å². The SMILES string of the molecule is CC[C@H](C)C1CN1[C@@H](O)c1cccc(C(F)(F)F)c1. The molecule has 0 bridgehead atoms. The molecular formula is C14H18F3NO. The lowest BCUT2D eigenvalue weighted by atomic mass is 10.1. The summed E-state index contributed by atoms with van der Waals surface area (Å²) in [7, 11) is 0. The second kappa shape index (κ2) is 5.13. The molecular weight excluding hydrogens is 255 g/mol. The van der Waals surface area contributed by atoms with Gasteiger partial charge >= 0.3 is 6.18 Å². The summed E-state index contributed by atoms with van der Waals surface area (Å²) in [5, 5.41) is 10.1. The smallest absolute Gasteiger partial charge is 0.374 e. The molecule has 1 aromatic carbocycles. The number of benzene rings is 1. The van der Waals surface area contributed by atoms with Crippen molar-refractivity contribution < 1.29 is 18.3 Å². The highest BCUT2D eigenvalue weighted by Gasteiger charge is 2.42. The zero-order valence-corrected chi connectivity index (χ0v) is 11.0. The van der Waals surface area contributed by atoms with E-state index in [0.717, 1.165) is 25.1 Å². The monoisotopic (exact) mass is 273 g/mol. The van der Waals surface area contributed by atoms with Gasteiger partial charge in [0.2, 0.25) is 0 Å². The molecule has 5 heteroatoms. The summed E-state index contributed by atoms with van der Waals surface area (Å²) in [6, 6.07) is 5.19. The molecule has 0 aromatic heterocycles. The minimum atomic E-state index is -4.37. The van der Waals surface area contributed by atoms with Gasteiger partial charge in [-0.15, -0.1) is 0 Å². The summed E-state index contributed by atoms with van der Waals surface area (Å²) in [4.78, 5) is 1.82. The van der Waals surface area contributed by atoms with E-state index in [-0.39, 0.29) is 6.04 Å². The van der Waals surface area contributed by atoms with E-state index in [1.807, 2.05) is 4.90 Å². The Bertz CT molecular complexity index is 447. The molecule has 0 aliphatic carbocycles. The van der Waals surface area contributed by atoms with Crippen molar-refractivity contribution in [2.75, 3.05) is 6.54 Å². The van der Waals surface area contributed by atoms with Crippen molar-refractivity contribution in [3.8, 4) is 0 Å². The average Bonchev–Trinajstić information content (AvgIpc) is 3.16. The fourth-order valence-corrected chi connectivity index (χ4v) is 2.30. The van der Waals surface area contributed by atoms with Gasteiger partial charge in [-0.2, -0.15) is 13.2 Å². The first-order valence-electron chi connectivity index (χ1n) is 6.45. The topological polar surface area (TPSA) is 23.2 Å². The van der Waals surface area contributed by atoms with Crippen LogP contribution in [-0.2, 0) is 6.18 Å².